The fourth-order valence-electron chi connectivity index (χ4n) is 2.26. The van der Waals surface area contributed by atoms with E-state index < -0.39 is 0 Å². The summed E-state index contributed by atoms with van der Waals surface area (Å²) in [4.78, 5) is 0. The maximum Gasteiger partial charge on any atom is 0.123 e. The summed E-state index contributed by atoms with van der Waals surface area (Å²) in [6.07, 6.45) is 3.38. The number of halogens is 1. The van der Waals surface area contributed by atoms with Gasteiger partial charge in [-0.3, -0.25) is 0 Å². The minimum absolute atomic E-state index is 0.130. The van der Waals surface area contributed by atoms with Gasteiger partial charge >= 0.3 is 0 Å². The fraction of sp³-hybridized carbons (Fsp3) is 0.600. The Kier molecular flexibility index (Phi) is 6.20. The molecule has 0 aromatic heterocycles. The molecule has 96 valence electrons. The molecule has 1 aromatic rings. The third-order valence-electron chi connectivity index (χ3n) is 3.34. The van der Waals surface area contributed by atoms with E-state index in [0.717, 1.165) is 24.4 Å². The first-order valence-corrected chi connectivity index (χ1v) is 6.54. The lowest BCUT2D eigenvalue weighted by Crippen LogP contribution is -2.22. The molecule has 0 aliphatic rings. The molecule has 0 saturated heterocycles. The Bertz CT molecular complexity index is 324. The van der Waals surface area contributed by atoms with Gasteiger partial charge in [-0.25, -0.2) is 4.39 Å². The lowest BCUT2D eigenvalue weighted by molar-refractivity contribution is 0.370. The summed E-state index contributed by atoms with van der Waals surface area (Å²) in [5, 5.41) is 3.24. The summed E-state index contributed by atoms with van der Waals surface area (Å²) >= 11 is 0. The average Bonchev–Trinajstić information content (AvgIpc) is 2.29. The van der Waals surface area contributed by atoms with Crippen LogP contribution >= 0.6 is 0 Å². The highest BCUT2D eigenvalue weighted by atomic mass is 19.1. The van der Waals surface area contributed by atoms with Crippen LogP contribution in [0.5, 0.6) is 0 Å². The van der Waals surface area contributed by atoms with Gasteiger partial charge in [0, 0.05) is 0 Å². The molecule has 0 fully saturated rings. The first-order chi connectivity index (χ1) is 8.15. The smallest absolute Gasteiger partial charge is 0.123 e. The van der Waals surface area contributed by atoms with E-state index in [1.54, 1.807) is 12.1 Å². The quantitative estimate of drug-likeness (QED) is 0.763. The summed E-state index contributed by atoms with van der Waals surface area (Å²) in [6.45, 7) is 5.51. The van der Waals surface area contributed by atoms with Crippen LogP contribution < -0.4 is 5.32 Å². The summed E-state index contributed by atoms with van der Waals surface area (Å²) in [6, 6.07) is 6.97. The van der Waals surface area contributed by atoms with Crippen molar-refractivity contribution in [2.75, 3.05) is 13.6 Å². The molecule has 1 rings (SSSR count). The average molecular weight is 237 g/mol. The topological polar surface area (TPSA) is 12.0 Å². The van der Waals surface area contributed by atoms with Crippen molar-refractivity contribution in [1.82, 2.24) is 5.32 Å². The summed E-state index contributed by atoms with van der Waals surface area (Å²) in [5.41, 5.74) is 1.11. The third-order valence-corrected chi connectivity index (χ3v) is 3.34. The minimum atomic E-state index is -0.130. The number of nitrogens with one attached hydrogen (secondary N) is 1. The molecule has 0 bridgehead atoms. The molecule has 17 heavy (non-hydrogen) atoms. The fourth-order valence-corrected chi connectivity index (χ4v) is 2.26. The van der Waals surface area contributed by atoms with Crippen molar-refractivity contribution in [1.29, 1.82) is 0 Å². The van der Waals surface area contributed by atoms with Crippen LogP contribution in [0.1, 0.15) is 32.3 Å². The van der Waals surface area contributed by atoms with Gasteiger partial charge in [0.2, 0.25) is 0 Å². The van der Waals surface area contributed by atoms with E-state index in [9.17, 15) is 4.39 Å². The second kappa shape index (κ2) is 7.44. The summed E-state index contributed by atoms with van der Waals surface area (Å²) in [5.74, 6) is 1.20. The Morgan fingerprint density at radius 3 is 2.71 bits per heavy atom. The van der Waals surface area contributed by atoms with Crippen molar-refractivity contribution < 1.29 is 4.39 Å². The zero-order valence-electron chi connectivity index (χ0n) is 11.2. The van der Waals surface area contributed by atoms with Crippen LogP contribution in [0.25, 0.3) is 0 Å². The Hall–Kier alpha value is -0.890. The van der Waals surface area contributed by atoms with E-state index in [0.29, 0.717) is 5.92 Å². The SMILES string of the molecule is CCC(C)CC(CNC)Cc1cccc(F)c1. The van der Waals surface area contributed by atoms with Crippen molar-refractivity contribution in [3.63, 3.8) is 0 Å². The molecule has 0 aliphatic heterocycles. The van der Waals surface area contributed by atoms with Gasteiger partial charge in [-0.15, -0.1) is 0 Å². The van der Waals surface area contributed by atoms with E-state index >= 15 is 0 Å². The third kappa shape index (κ3) is 5.31. The van der Waals surface area contributed by atoms with Gasteiger partial charge in [0.15, 0.2) is 0 Å². The molecule has 0 saturated carbocycles. The Morgan fingerprint density at radius 2 is 2.12 bits per heavy atom. The zero-order valence-corrected chi connectivity index (χ0v) is 11.2. The summed E-state index contributed by atoms with van der Waals surface area (Å²) < 4.78 is 13.1. The largest absolute Gasteiger partial charge is 0.319 e. The highest BCUT2D eigenvalue weighted by molar-refractivity contribution is 5.16. The van der Waals surface area contributed by atoms with Gasteiger partial charge in [-0.2, -0.15) is 0 Å². The normalized spacial score (nSPS) is 14.6. The molecule has 2 atom stereocenters. The predicted molar refractivity (Wildman–Crippen MR) is 71.6 cm³/mol. The van der Waals surface area contributed by atoms with Gasteiger partial charge < -0.3 is 5.32 Å². The van der Waals surface area contributed by atoms with Gasteiger partial charge in [0.1, 0.15) is 5.82 Å². The van der Waals surface area contributed by atoms with Crippen LogP contribution in [0.4, 0.5) is 4.39 Å². The molecule has 0 radical (unpaired) electrons. The van der Waals surface area contributed by atoms with Crippen molar-refractivity contribution >= 4 is 0 Å². The van der Waals surface area contributed by atoms with Gasteiger partial charge in [0.25, 0.3) is 0 Å². The minimum Gasteiger partial charge on any atom is -0.319 e. The number of rotatable bonds is 7. The maximum atomic E-state index is 13.1. The molecule has 1 nitrogen and oxygen atoms in total. The molecule has 2 heteroatoms. The molecule has 0 heterocycles. The Balaban J connectivity index is 2.59. The van der Waals surface area contributed by atoms with Crippen molar-refractivity contribution in [3.8, 4) is 0 Å². The highest BCUT2D eigenvalue weighted by Crippen LogP contribution is 2.19. The van der Waals surface area contributed by atoms with Crippen molar-refractivity contribution in [2.45, 2.75) is 33.1 Å². The highest BCUT2D eigenvalue weighted by Gasteiger charge is 2.12. The van der Waals surface area contributed by atoms with Crippen LogP contribution in [0.2, 0.25) is 0 Å². The first-order valence-electron chi connectivity index (χ1n) is 6.54. The van der Waals surface area contributed by atoms with Crippen LogP contribution in [0, 0.1) is 17.7 Å². The second-order valence-electron chi connectivity index (χ2n) is 5.01. The predicted octanol–water partition coefficient (Wildman–Crippen LogP) is 3.64. The lowest BCUT2D eigenvalue weighted by Gasteiger charge is -2.20. The molecule has 0 amide bonds. The van der Waals surface area contributed by atoms with E-state index in [1.807, 2.05) is 13.1 Å². The van der Waals surface area contributed by atoms with Gasteiger partial charge in [0.05, 0.1) is 0 Å². The van der Waals surface area contributed by atoms with Crippen molar-refractivity contribution in [2.24, 2.45) is 11.8 Å². The Morgan fingerprint density at radius 1 is 1.35 bits per heavy atom. The van der Waals surface area contributed by atoms with E-state index in [-0.39, 0.29) is 5.82 Å². The molecular weight excluding hydrogens is 213 g/mol. The second-order valence-corrected chi connectivity index (χ2v) is 5.01. The van der Waals surface area contributed by atoms with E-state index in [2.05, 4.69) is 19.2 Å². The van der Waals surface area contributed by atoms with Crippen LogP contribution in [0.3, 0.4) is 0 Å². The lowest BCUT2D eigenvalue weighted by atomic mass is 9.89. The monoisotopic (exact) mass is 237 g/mol. The first kappa shape index (κ1) is 14.2. The molecule has 0 spiro atoms. The Labute approximate surface area is 104 Å². The van der Waals surface area contributed by atoms with Crippen LogP contribution in [-0.2, 0) is 6.42 Å². The maximum absolute atomic E-state index is 13.1. The van der Waals surface area contributed by atoms with Crippen LogP contribution in [0.15, 0.2) is 24.3 Å². The van der Waals surface area contributed by atoms with Gasteiger partial charge in [-0.05, 0) is 56.0 Å². The van der Waals surface area contributed by atoms with Crippen molar-refractivity contribution in [3.05, 3.63) is 35.6 Å². The molecular formula is C15H24FN. The zero-order chi connectivity index (χ0) is 12.7. The molecule has 2 unspecified atom stereocenters. The number of benzene rings is 1. The molecule has 1 N–H and O–H groups in total. The van der Waals surface area contributed by atoms with Gasteiger partial charge in [-0.1, -0.05) is 32.4 Å². The number of hydrogen-bond acceptors (Lipinski definition) is 1. The summed E-state index contributed by atoms with van der Waals surface area (Å²) in [7, 11) is 1.98. The van der Waals surface area contributed by atoms with E-state index in [4.69, 9.17) is 0 Å². The molecule has 0 aliphatic carbocycles. The number of hydrogen-bond donors (Lipinski definition) is 1. The van der Waals surface area contributed by atoms with Crippen LogP contribution in [-0.4, -0.2) is 13.6 Å². The standard InChI is InChI=1S/C15H24FN/c1-4-12(2)8-14(11-17-3)9-13-6-5-7-15(16)10-13/h5-7,10,12,14,17H,4,8-9,11H2,1-3H3. The molecule has 1 aromatic carbocycles. The van der Waals surface area contributed by atoms with E-state index in [1.165, 1.54) is 18.9 Å².